The van der Waals surface area contributed by atoms with Gasteiger partial charge in [-0.05, 0) is 18.6 Å². The molecule has 0 radical (unpaired) electrons. The van der Waals surface area contributed by atoms with Gasteiger partial charge in [-0.2, -0.15) is 0 Å². The van der Waals surface area contributed by atoms with Crippen molar-refractivity contribution in [1.29, 1.82) is 0 Å². The first kappa shape index (κ1) is 19.9. The van der Waals surface area contributed by atoms with E-state index in [1.54, 1.807) is 36.4 Å². The van der Waals surface area contributed by atoms with Gasteiger partial charge in [0, 0.05) is 30.1 Å². The van der Waals surface area contributed by atoms with Crippen molar-refractivity contribution in [2.24, 2.45) is 0 Å². The van der Waals surface area contributed by atoms with Gasteiger partial charge in [0.15, 0.2) is 0 Å². The number of ketones is 1. The smallest absolute Gasteiger partial charge is 0.302 e. The Hall–Kier alpha value is -4.40. The van der Waals surface area contributed by atoms with Gasteiger partial charge in [-0.25, -0.2) is 9.97 Å². The number of amides is 1. The van der Waals surface area contributed by atoms with Gasteiger partial charge in [0.25, 0.3) is 11.5 Å². The second kappa shape index (κ2) is 7.79. The van der Waals surface area contributed by atoms with Crippen LogP contribution in [0.2, 0.25) is 0 Å². The third-order valence-corrected chi connectivity index (χ3v) is 4.93. The minimum atomic E-state index is -1.14. The van der Waals surface area contributed by atoms with Crippen LogP contribution in [0.15, 0.2) is 72.6 Å². The number of aliphatic hydroxyl groups is 1. The number of nitrogens with zero attached hydrogens (tertiary/aromatic N) is 4. The van der Waals surface area contributed by atoms with Gasteiger partial charge < -0.3 is 5.11 Å². The number of rotatable bonds is 4. The SMILES string of the molecule is Cc1ccc(C(O)=C2C(=O)C(=O)N(c3ncccn3)[C@H]2c2cccc([N+](=O)[O-])c2)cc1. The maximum absolute atomic E-state index is 13.0. The monoisotopic (exact) mass is 416 g/mol. The van der Waals surface area contributed by atoms with Crippen LogP contribution in [0.25, 0.3) is 5.76 Å². The Kier molecular flexibility index (Phi) is 5.00. The fourth-order valence-electron chi connectivity index (χ4n) is 3.45. The summed E-state index contributed by atoms with van der Waals surface area (Å²) in [6, 6.07) is 12.7. The lowest BCUT2D eigenvalue weighted by molar-refractivity contribution is -0.384. The molecule has 1 atom stereocenters. The number of aliphatic hydroxyl groups excluding tert-OH is 1. The standard InChI is InChI=1S/C22H16N4O5/c1-13-6-8-14(9-7-13)19(27)17-18(15-4-2-5-16(12-15)26(30)31)25(21(29)20(17)28)22-23-10-3-11-24-22/h2-12,18,27H,1H3/t18-/m0/s1. The quantitative estimate of drug-likeness (QED) is 0.227. The summed E-state index contributed by atoms with van der Waals surface area (Å²) in [7, 11) is 0. The van der Waals surface area contributed by atoms with Crippen molar-refractivity contribution >= 4 is 29.1 Å². The molecule has 154 valence electrons. The van der Waals surface area contributed by atoms with Gasteiger partial charge >= 0.3 is 5.91 Å². The third kappa shape index (κ3) is 3.52. The average molecular weight is 416 g/mol. The van der Waals surface area contributed by atoms with E-state index in [-0.39, 0.29) is 28.5 Å². The van der Waals surface area contributed by atoms with Gasteiger partial charge in [0.05, 0.1) is 16.5 Å². The number of carbonyl (C=O) groups is 2. The van der Waals surface area contributed by atoms with Gasteiger partial charge in [-0.1, -0.05) is 42.0 Å². The lowest BCUT2D eigenvalue weighted by atomic mass is 9.95. The molecule has 4 rings (SSSR count). The summed E-state index contributed by atoms with van der Waals surface area (Å²) in [5.41, 5.74) is 1.15. The number of nitro benzene ring substituents is 1. The number of carbonyl (C=O) groups excluding carboxylic acids is 2. The van der Waals surface area contributed by atoms with Crippen LogP contribution in [-0.4, -0.2) is 31.7 Å². The van der Waals surface area contributed by atoms with Crippen molar-refractivity contribution < 1.29 is 19.6 Å². The number of aryl methyl sites for hydroxylation is 1. The highest BCUT2D eigenvalue weighted by Crippen LogP contribution is 2.41. The fraction of sp³-hybridized carbons (Fsp3) is 0.0909. The Bertz CT molecular complexity index is 1220. The first-order valence-corrected chi connectivity index (χ1v) is 9.28. The molecule has 2 aromatic carbocycles. The van der Waals surface area contributed by atoms with Crippen LogP contribution in [-0.2, 0) is 9.59 Å². The molecule has 9 heteroatoms. The molecule has 0 unspecified atom stereocenters. The number of aromatic nitrogens is 2. The van der Waals surface area contributed by atoms with Crippen LogP contribution in [0, 0.1) is 17.0 Å². The number of benzene rings is 2. The molecule has 3 aromatic rings. The zero-order valence-electron chi connectivity index (χ0n) is 16.3. The third-order valence-electron chi connectivity index (χ3n) is 4.93. The van der Waals surface area contributed by atoms with Gasteiger partial charge in [-0.15, -0.1) is 0 Å². The summed E-state index contributed by atoms with van der Waals surface area (Å²) in [6.45, 7) is 1.87. The predicted octanol–water partition coefficient (Wildman–Crippen LogP) is 3.32. The lowest BCUT2D eigenvalue weighted by Crippen LogP contribution is -2.31. The Morgan fingerprint density at radius 2 is 1.74 bits per heavy atom. The molecule has 9 nitrogen and oxygen atoms in total. The number of anilines is 1. The number of hydrogen-bond donors (Lipinski definition) is 1. The molecule has 0 saturated carbocycles. The Labute approximate surface area is 176 Å². The normalized spacial score (nSPS) is 17.7. The summed E-state index contributed by atoms with van der Waals surface area (Å²) in [4.78, 5) is 45.8. The van der Waals surface area contributed by atoms with Crippen molar-refractivity contribution in [3.05, 3.63) is 99.4 Å². The number of non-ortho nitro benzene ring substituents is 1. The van der Waals surface area contributed by atoms with Crippen molar-refractivity contribution in [3.8, 4) is 0 Å². The van der Waals surface area contributed by atoms with Gasteiger partial charge in [-0.3, -0.25) is 24.6 Å². The fourth-order valence-corrected chi connectivity index (χ4v) is 3.45. The van der Waals surface area contributed by atoms with E-state index in [2.05, 4.69) is 9.97 Å². The zero-order chi connectivity index (χ0) is 22.1. The van der Waals surface area contributed by atoms with E-state index in [1.807, 2.05) is 6.92 Å². The van der Waals surface area contributed by atoms with E-state index in [9.17, 15) is 24.8 Å². The summed E-state index contributed by atoms with van der Waals surface area (Å²) in [6.07, 6.45) is 2.82. The summed E-state index contributed by atoms with van der Waals surface area (Å²) >= 11 is 0. The second-order valence-electron chi connectivity index (χ2n) is 6.94. The average Bonchev–Trinajstić information content (AvgIpc) is 3.05. The van der Waals surface area contributed by atoms with Crippen LogP contribution in [0.3, 0.4) is 0 Å². The molecule has 1 saturated heterocycles. The van der Waals surface area contributed by atoms with Crippen LogP contribution >= 0.6 is 0 Å². The molecule has 31 heavy (non-hydrogen) atoms. The molecule has 1 fully saturated rings. The molecular formula is C22H16N4O5. The molecular weight excluding hydrogens is 400 g/mol. The molecule has 1 amide bonds. The van der Waals surface area contributed by atoms with Crippen molar-refractivity contribution in [2.45, 2.75) is 13.0 Å². The molecule has 1 aliphatic rings. The van der Waals surface area contributed by atoms with E-state index < -0.39 is 22.7 Å². The zero-order valence-corrected chi connectivity index (χ0v) is 16.3. The number of nitro groups is 1. The molecule has 2 heterocycles. The van der Waals surface area contributed by atoms with Crippen LogP contribution in [0.1, 0.15) is 22.7 Å². The van der Waals surface area contributed by atoms with E-state index in [0.29, 0.717) is 5.56 Å². The van der Waals surface area contributed by atoms with Crippen molar-refractivity contribution in [2.75, 3.05) is 4.90 Å². The minimum absolute atomic E-state index is 0.0518. The highest BCUT2D eigenvalue weighted by molar-refractivity contribution is 6.51. The van der Waals surface area contributed by atoms with E-state index in [1.165, 1.54) is 30.6 Å². The molecule has 0 bridgehead atoms. The molecule has 1 N–H and O–H groups in total. The minimum Gasteiger partial charge on any atom is -0.507 e. The largest absolute Gasteiger partial charge is 0.507 e. The summed E-state index contributed by atoms with van der Waals surface area (Å²) < 4.78 is 0. The Morgan fingerprint density at radius 3 is 2.39 bits per heavy atom. The molecule has 0 spiro atoms. The van der Waals surface area contributed by atoms with Crippen LogP contribution in [0.5, 0.6) is 0 Å². The van der Waals surface area contributed by atoms with E-state index >= 15 is 0 Å². The van der Waals surface area contributed by atoms with Crippen molar-refractivity contribution in [3.63, 3.8) is 0 Å². The Balaban J connectivity index is 1.96. The van der Waals surface area contributed by atoms with Gasteiger partial charge in [0.1, 0.15) is 5.76 Å². The maximum Gasteiger partial charge on any atom is 0.302 e. The highest BCUT2D eigenvalue weighted by Gasteiger charge is 2.48. The second-order valence-corrected chi connectivity index (χ2v) is 6.94. The lowest BCUT2D eigenvalue weighted by Gasteiger charge is -2.23. The summed E-state index contributed by atoms with van der Waals surface area (Å²) in [5, 5.41) is 22.3. The first-order valence-electron chi connectivity index (χ1n) is 9.28. The van der Waals surface area contributed by atoms with E-state index in [0.717, 1.165) is 10.5 Å². The Morgan fingerprint density at radius 1 is 1.06 bits per heavy atom. The topological polar surface area (TPSA) is 127 Å². The first-order chi connectivity index (χ1) is 14.9. The summed E-state index contributed by atoms with van der Waals surface area (Å²) in [5.74, 6) is -2.30. The van der Waals surface area contributed by atoms with Gasteiger partial charge in [0.2, 0.25) is 5.95 Å². The van der Waals surface area contributed by atoms with Crippen molar-refractivity contribution in [1.82, 2.24) is 9.97 Å². The van der Waals surface area contributed by atoms with E-state index in [4.69, 9.17) is 0 Å². The predicted molar refractivity (Wildman–Crippen MR) is 111 cm³/mol. The maximum atomic E-state index is 13.0. The van der Waals surface area contributed by atoms with Crippen LogP contribution < -0.4 is 4.90 Å². The number of Topliss-reactive ketones (excluding diaryl/α,β-unsaturated/α-hetero) is 1. The molecule has 0 aliphatic carbocycles. The highest BCUT2D eigenvalue weighted by atomic mass is 16.6. The van der Waals surface area contributed by atoms with Crippen LogP contribution in [0.4, 0.5) is 11.6 Å². The number of hydrogen-bond acceptors (Lipinski definition) is 7. The molecule has 1 aliphatic heterocycles. The molecule has 1 aromatic heterocycles.